The lowest BCUT2D eigenvalue weighted by Gasteiger charge is -2.21. The Balaban J connectivity index is 0.000000112. The highest BCUT2D eigenvalue weighted by molar-refractivity contribution is 7.86. The Labute approximate surface area is 728 Å². The topological polar surface area (TPSA) is 103 Å². The highest BCUT2D eigenvalue weighted by Crippen LogP contribution is 2.50. The van der Waals surface area contributed by atoms with Crippen molar-refractivity contribution < 1.29 is 13.7 Å². The zero-order chi connectivity index (χ0) is 84.3. The van der Waals surface area contributed by atoms with E-state index in [9.17, 15) is 4.57 Å². The van der Waals surface area contributed by atoms with Gasteiger partial charge in [-0.15, -0.1) is 0 Å². The van der Waals surface area contributed by atoms with Gasteiger partial charge in [0.15, 0.2) is 21.4 Å². The molecule has 0 saturated carbocycles. The molecule has 24 aromatic rings. The van der Waals surface area contributed by atoms with Crippen LogP contribution in [0.4, 0.5) is 0 Å². The lowest BCUT2D eigenvalue weighted by Crippen LogP contribution is -2.27. The highest BCUT2D eigenvalue weighted by Gasteiger charge is 2.35. The van der Waals surface area contributed by atoms with Crippen LogP contribution in [0.3, 0.4) is 0 Å². The molecule has 0 aliphatic rings. The van der Waals surface area contributed by atoms with Crippen LogP contribution in [0, 0.1) is 0 Å². The molecule has 4 heterocycles. The van der Waals surface area contributed by atoms with E-state index in [1.165, 1.54) is 70.0 Å². The third kappa shape index (κ3) is 13.0. The van der Waals surface area contributed by atoms with Crippen molar-refractivity contribution in [2.75, 3.05) is 0 Å². The summed E-state index contributed by atoms with van der Waals surface area (Å²) < 4.78 is 45.2. The molecule has 0 bridgehead atoms. The summed E-state index contributed by atoms with van der Waals surface area (Å²) >= 11 is 0. The standard InChI is InChI=1S/2C39H26NOP.C38H25N2OP/c41-42(28-15-3-1-4-16-28,29-17-5-2-6-18-29)30-19-13-14-27(26-30)38-36-25-12-10-23-34(36)37-33-22-9-7-20-31(33)32-21-8-11-24-35(32)39(37)40-38;41-42(28-13-3-1-4-14-28,29-15-5-2-6-16-29)30-25-23-27(24-26-30)38-36-22-12-10-20-34(36)37-33-19-9-7-17-31(33)32-18-8-11-21-35(32)39(37)40-38;41-42(26-14-3-1-4-15-26,27-16-5-2-6-17-27)35-25-13-24-34(39-35)37-33-23-12-10-21-31(33)36-30-20-9-7-18-28(30)29-19-8-11-22-32(29)38(36)40-37/h2*1-26H;1-25H. The SMILES string of the molecule is O=P(c1ccccc1)(c1ccccc1)c1ccc(-c2nc3c4ccccc4c4ccccc4c3c3ccccc23)cc1.O=P(c1ccccc1)(c1ccccc1)c1cccc(-c2nc3c4ccccc4c4ccccc4c3c3ccccc23)c1.O=P(c1ccccc1)(c1ccccc1)c1cccc(-c2nc3c4ccccc4c4ccccc4c3c3ccccc23)n1. The van der Waals surface area contributed by atoms with Crippen molar-refractivity contribution in [1.82, 2.24) is 19.9 Å². The lowest BCUT2D eigenvalue weighted by molar-refractivity contribution is 0.591. The zero-order valence-electron chi connectivity index (χ0n) is 68.3. The van der Waals surface area contributed by atoms with E-state index in [0.717, 1.165) is 130 Å². The number of fused-ring (bicyclic) bond motifs is 24. The molecule has 0 fully saturated rings. The molecule has 0 amide bonds. The predicted molar refractivity (Wildman–Crippen MR) is 535 cm³/mol. The molecule has 0 saturated heterocycles. The first-order chi connectivity index (χ1) is 62.2. The molecule has 24 rings (SSSR count). The monoisotopic (exact) mass is 1670 g/mol. The summed E-state index contributed by atoms with van der Waals surface area (Å²) in [5.74, 6) is 0. The Morgan fingerprint density at radius 3 is 0.722 bits per heavy atom. The molecule has 0 spiro atoms. The number of aromatic nitrogens is 4. The van der Waals surface area contributed by atoms with Crippen molar-refractivity contribution in [2.45, 2.75) is 0 Å². The first kappa shape index (κ1) is 76.9. The summed E-state index contributed by atoms with van der Waals surface area (Å²) in [6, 6.07) is 158. The van der Waals surface area contributed by atoms with Crippen molar-refractivity contribution in [3.8, 4) is 33.9 Å². The number of rotatable bonds is 12. The van der Waals surface area contributed by atoms with Gasteiger partial charge in [0.25, 0.3) is 0 Å². The van der Waals surface area contributed by atoms with Crippen LogP contribution >= 0.6 is 21.4 Å². The summed E-state index contributed by atoms with van der Waals surface area (Å²) in [5, 5.41) is 30.8. The first-order valence-electron chi connectivity index (χ1n) is 42.4. The lowest BCUT2D eigenvalue weighted by atomic mass is 9.92. The largest absolute Gasteiger partial charge is 0.309 e. The summed E-state index contributed by atoms with van der Waals surface area (Å²) in [6.45, 7) is 0. The zero-order valence-corrected chi connectivity index (χ0v) is 71.0. The smallest absolute Gasteiger partial charge is 0.188 e. The van der Waals surface area contributed by atoms with E-state index >= 15 is 9.13 Å². The third-order valence-electron chi connectivity index (χ3n) is 24.7. The predicted octanol–water partition coefficient (Wildman–Crippen LogP) is 26.4. The average Bonchev–Trinajstić information content (AvgIpc) is 0.728. The summed E-state index contributed by atoms with van der Waals surface area (Å²) in [7, 11) is -9.43. The van der Waals surface area contributed by atoms with Crippen molar-refractivity contribution >= 4 is 199 Å². The Morgan fingerprint density at radius 2 is 0.381 bits per heavy atom. The van der Waals surface area contributed by atoms with Crippen molar-refractivity contribution in [2.24, 2.45) is 0 Å². The second-order valence-electron chi connectivity index (χ2n) is 31.8. The van der Waals surface area contributed by atoms with Gasteiger partial charge in [0, 0.05) is 102 Å². The Kier molecular flexibility index (Phi) is 19.7. The van der Waals surface area contributed by atoms with Gasteiger partial charge >= 0.3 is 0 Å². The average molecular weight is 1670 g/mol. The Bertz CT molecular complexity index is 8100. The van der Waals surface area contributed by atoms with E-state index in [0.29, 0.717) is 11.1 Å². The number of hydrogen-bond donors (Lipinski definition) is 0. The second kappa shape index (κ2) is 32.2. The van der Waals surface area contributed by atoms with Gasteiger partial charge in [-0.25, -0.2) is 19.9 Å². The van der Waals surface area contributed by atoms with Crippen LogP contribution in [-0.4, -0.2) is 19.9 Å². The Morgan fingerprint density at radius 1 is 0.151 bits per heavy atom. The highest BCUT2D eigenvalue weighted by atomic mass is 31.2. The van der Waals surface area contributed by atoms with Crippen molar-refractivity contribution in [1.29, 1.82) is 0 Å². The summed E-state index contributed by atoms with van der Waals surface area (Å²) in [4.78, 5) is 21.3. The van der Waals surface area contributed by atoms with Gasteiger partial charge in [-0.2, -0.15) is 0 Å². The van der Waals surface area contributed by atoms with Gasteiger partial charge in [0.05, 0.1) is 39.3 Å². The molecular weight excluding hydrogens is 1590 g/mol. The maximum absolute atomic E-state index is 15.2. The fourth-order valence-electron chi connectivity index (χ4n) is 19.0. The number of benzene rings is 20. The molecule has 0 unspecified atom stereocenters. The van der Waals surface area contributed by atoms with Gasteiger partial charge in [0.2, 0.25) is 0 Å². The van der Waals surface area contributed by atoms with Crippen LogP contribution in [-0.2, 0) is 13.7 Å². The molecule has 4 aromatic heterocycles. The van der Waals surface area contributed by atoms with E-state index in [-0.39, 0.29) is 0 Å². The molecule has 594 valence electrons. The summed E-state index contributed by atoms with van der Waals surface area (Å²) in [6.07, 6.45) is 0. The molecule has 126 heavy (non-hydrogen) atoms. The maximum Gasteiger partial charge on any atom is 0.188 e. The van der Waals surface area contributed by atoms with Crippen LogP contribution in [0.5, 0.6) is 0 Å². The minimum Gasteiger partial charge on any atom is -0.309 e. The minimum absolute atomic E-state index is 0.548. The van der Waals surface area contributed by atoms with Crippen LogP contribution < -0.4 is 47.9 Å². The van der Waals surface area contributed by atoms with E-state index < -0.39 is 21.4 Å². The van der Waals surface area contributed by atoms with Crippen LogP contribution in [0.1, 0.15) is 0 Å². The number of pyridine rings is 4. The quantitative estimate of drug-likeness (QED) is 0.0887. The molecular formula is C116H77N4O3P3. The third-order valence-corrected chi connectivity index (χ3v) is 33.8. The molecule has 7 nitrogen and oxygen atoms in total. The first-order valence-corrected chi connectivity index (χ1v) is 47.5. The van der Waals surface area contributed by atoms with E-state index in [1.807, 2.05) is 231 Å². The molecule has 0 aliphatic heterocycles. The molecule has 20 aromatic carbocycles. The molecule has 10 heteroatoms. The van der Waals surface area contributed by atoms with E-state index in [1.54, 1.807) is 0 Å². The van der Waals surface area contributed by atoms with E-state index in [4.69, 9.17) is 19.9 Å². The maximum atomic E-state index is 15.2. The minimum atomic E-state index is -3.24. The number of nitrogens with zero attached hydrogens (tertiary/aromatic N) is 4. The molecule has 0 atom stereocenters. The van der Waals surface area contributed by atoms with Crippen molar-refractivity contribution in [3.63, 3.8) is 0 Å². The fourth-order valence-corrected chi connectivity index (χ4v) is 26.9. The summed E-state index contributed by atoms with van der Waals surface area (Å²) in [5.41, 5.74) is 8.75. The Hall–Kier alpha value is -15.2. The van der Waals surface area contributed by atoms with Crippen LogP contribution in [0.2, 0.25) is 0 Å². The van der Waals surface area contributed by atoms with Gasteiger partial charge in [-0.3, -0.25) is 0 Å². The molecule has 0 N–H and O–H groups in total. The van der Waals surface area contributed by atoms with Gasteiger partial charge in [0.1, 0.15) is 5.44 Å². The number of hydrogen-bond acceptors (Lipinski definition) is 7. The molecule has 0 aliphatic carbocycles. The van der Waals surface area contributed by atoms with Gasteiger partial charge in [-0.05, 0) is 82.8 Å². The fraction of sp³-hybridized carbons (Fsp3) is 0. The van der Waals surface area contributed by atoms with Gasteiger partial charge < -0.3 is 13.7 Å². The second-order valence-corrected chi connectivity index (χ2v) is 40.0. The van der Waals surface area contributed by atoms with Crippen LogP contribution in [0.25, 0.3) is 164 Å². The van der Waals surface area contributed by atoms with Crippen molar-refractivity contribution in [3.05, 3.63) is 467 Å². The normalized spacial score (nSPS) is 11.9. The molecule has 0 radical (unpaired) electrons. The van der Waals surface area contributed by atoms with E-state index in [2.05, 4.69) is 237 Å². The van der Waals surface area contributed by atoms with Gasteiger partial charge in [-0.1, -0.05) is 449 Å². The van der Waals surface area contributed by atoms with Crippen LogP contribution in [0.15, 0.2) is 467 Å².